The molecule has 1 amide bonds. The minimum absolute atomic E-state index is 0.196. The first-order chi connectivity index (χ1) is 12.8. The molecule has 0 spiro atoms. The average molecular weight is 367 g/mol. The number of hydrogen-bond acceptors (Lipinski definition) is 4. The van der Waals surface area contributed by atoms with Crippen LogP contribution in [0.3, 0.4) is 0 Å². The van der Waals surface area contributed by atoms with E-state index in [1.165, 1.54) is 11.8 Å². The molecule has 4 rings (SSSR count). The number of likely N-dealkylation sites (tertiary alicyclic amines) is 1. The Morgan fingerprint density at radius 2 is 1.92 bits per heavy atom. The van der Waals surface area contributed by atoms with E-state index in [2.05, 4.69) is 21.7 Å². The molecular formula is C20H21N3O2S. The van der Waals surface area contributed by atoms with Gasteiger partial charge in [0.15, 0.2) is 5.16 Å². The summed E-state index contributed by atoms with van der Waals surface area (Å²) in [4.78, 5) is 18.9. The Labute approximate surface area is 157 Å². The lowest BCUT2D eigenvalue weighted by Crippen LogP contribution is -2.29. The zero-order chi connectivity index (χ0) is 17.8. The molecule has 1 aliphatic rings. The van der Waals surface area contributed by atoms with Gasteiger partial charge in [-0.25, -0.2) is 4.98 Å². The number of benzene rings is 1. The molecule has 1 saturated heterocycles. The third-order valence-corrected chi connectivity index (χ3v) is 5.54. The molecule has 0 radical (unpaired) electrons. The minimum atomic E-state index is 0.196. The normalized spacial score (nSPS) is 14.1. The average Bonchev–Trinajstić information content (AvgIpc) is 3.43. The molecule has 6 heteroatoms. The first-order valence-electron chi connectivity index (χ1n) is 8.85. The molecule has 0 N–H and O–H groups in total. The lowest BCUT2D eigenvalue weighted by molar-refractivity contribution is -0.127. The van der Waals surface area contributed by atoms with Crippen molar-refractivity contribution in [1.29, 1.82) is 0 Å². The maximum absolute atomic E-state index is 12.4. The Morgan fingerprint density at radius 3 is 2.65 bits per heavy atom. The van der Waals surface area contributed by atoms with Gasteiger partial charge in [-0.05, 0) is 30.5 Å². The first kappa shape index (κ1) is 17.0. The Bertz CT molecular complexity index is 853. The fraction of sp³-hybridized carbons (Fsp3) is 0.300. The van der Waals surface area contributed by atoms with Crippen molar-refractivity contribution in [3.63, 3.8) is 0 Å². The van der Waals surface area contributed by atoms with Crippen LogP contribution in [0.4, 0.5) is 0 Å². The zero-order valence-corrected chi connectivity index (χ0v) is 15.3. The van der Waals surface area contributed by atoms with Gasteiger partial charge in [-0.3, -0.25) is 4.79 Å². The largest absolute Gasteiger partial charge is 0.467 e. The van der Waals surface area contributed by atoms with E-state index in [0.29, 0.717) is 12.3 Å². The monoisotopic (exact) mass is 367 g/mol. The van der Waals surface area contributed by atoms with Gasteiger partial charge in [-0.15, -0.1) is 0 Å². The van der Waals surface area contributed by atoms with Crippen LogP contribution in [-0.2, 0) is 11.3 Å². The zero-order valence-electron chi connectivity index (χ0n) is 14.5. The van der Waals surface area contributed by atoms with Gasteiger partial charge in [-0.2, -0.15) is 0 Å². The number of amides is 1. The summed E-state index contributed by atoms with van der Waals surface area (Å²) in [6.07, 6.45) is 5.78. The standard InChI is InChI=1S/C20H21N3O2S/c24-19(22-10-4-5-11-22)15-26-20-21-13-18(16-7-2-1-3-8-16)23(20)14-17-9-6-12-25-17/h1-3,6-9,12-13H,4-5,10-11,14-15H2. The number of carbonyl (C=O) groups excluding carboxylic acids is 1. The molecule has 1 aromatic carbocycles. The molecule has 1 fully saturated rings. The molecule has 3 aromatic rings. The highest BCUT2D eigenvalue weighted by atomic mass is 32.2. The van der Waals surface area contributed by atoms with Crippen LogP contribution >= 0.6 is 11.8 Å². The number of rotatable bonds is 6. The van der Waals surface area contributed by atoms with Gasteiger partial charge in [0.1, 0.15) is 5.76 Å². The molecule has 0 unspecified atom stereocenters. The molecule has 26 heavy (non-hydrogen) atoms. The summed E-state index contributed by atoms with van der Waals surface area (Å²) in [5.74, 6) is 1.48. The summed E-state index contributed by atoms with van der Waals surface area (Å²) >= 11 is 1.50. The number of thioether (sulfide) groups is 1. The van der Waals surface area contributed by atoms with Gasteiger partial charge in [0, 0.05) is 13.1 Å². The van der Waals surface area contributed by atoms with Crippen molar-refractivity contribution in [3.8, 4) is 11.3 Å². The van der Waals surface area contributed by atoms with E-state index in [0.717, 1.165) is 48.1 Å². The summed E-state index contributed by atoms with van der Waals surface area (Å²) in [6.45, 7) is 2.36. The maximum Gasteiger partial charge on any atom is 0.233 e. The van der Waals surface area contributed by atoms with Crippen LogP contribution in [0.5, 0.6) is 0 Å². The summed E-state index contributed by atoms with van der Waals surface area (Å²) in [6, 6.07) is 14.0. The van der Waals surface area contributed by atoms with E-state index in [9.17, 15) is 4.79 Å². The molecule has 0 saturated carbocycles. The Hall–Kier alpha value is -2.47. The minimum Gasteiger partial charge on any atom is -0.467 e. The van der Waals surface area contributed by atoms with Gasteiger partial charge in [0.25, 0.3) is 0 Å². The van der Waals surface area contributed by atoms with Gasteiger partial charge in [0.2, 0.25) is 5.91 Å². The number of imidazole rings is 1. The number of furan rings is 1. The summed E-state index contributed by atoms with van der Waals surface area (Å²) < 4.78 is 7.65. The lowest BCUT2D eigenvalue weighted by atomic mass is 10.2. The van der Waals surface area contributed by atoms with Crippen LogP contribution in [0.2, 0.25) is 0 Å². The van der Waals surface area contributed by atoms with Crippen molar-refractivity contribution < 1.29 is 9.21 Å². The van der Waals surface area contributed by atoms with Crippen molar-refractivity contribution in [3.05, 3.63) is 60.7 Å². The highest BCUT2D eigenvalue weighted by Crippen LogP contribution is 2.27. The topological polar surface area (TPSA) is 51.3 Å². The quantitative estimate of drug-likeness (QED) is 0.620. The van der Waals surface area contributed by atoms with Crippen LogP contribution < -0.4 is 0 Å². The molecule has 0 aliphatic carbocycles. The second kappa shape index (κ2) is 7.83. The Kier molecular flexibility index (Phi) is 5.11. The maximum atomic E-state index is 12.4. The summed E-state index contributed by atoms with van der Waals surface area (Å²) in [5.41, 5.74) is 2.13. The van der Waals surface area contributed by atoms with Gasteiger partial charge >= 0.3 is 0 Å². The first-order valence-corrected chi connectivity index (χ1v) is 9.84. The number of hydrogen-bond donors (Lipinski definition) is 0. The lowest BCUT2D eigenvalue weighted by Gasteiger charge is -2.15. The van der Waals surface area contributed by atoms with Crippen molar-refractivity contribution >= 4 is 17.7 Å². The van der Waals surface area contributed by atoms with Crippen molar-refractivity contribution in [2.24, 2.45) is 0 Å². The summed E-state index contributed by atoms with van der Waals surface area (Å²) in [7, 11) is 0. The van der Waals surface area contributed by atoms with E-state index in [-0.39, 0.29) is 5.91 Å². The highest BCUT2D eigenvalue weighted by molar-refractivity contribution is 7.99. The predicted molar refractivity (Wildman–Crippen MR) is 102 cm³/mol. The van der Waals surface area contributed by atoms with Crippen LogP contribution in [0.15, 0.2) is 64.5 Å². The number of aromatic nitrogens is 2. The second-order valence-electron chi connectivity index (χ2n) is 6.33. The molecule has 0 atom stereocenters. The fourth-order valence-electron chi connectivity index (χ4n) is 3.21. The van der Waals surface area contributed by atoms with E-state index in [1.54, 1.807) is 6.26 Å². The Morgan fingerprint density at radius 1 is 1.12 bits per heavy atom. The SMILES string of the molecule is O=C(CSc1ncc(-c2ccccc2)n1Cc1ccco1)N1CCCC1. The van der Waals surface area contributed by atoms with Crippen LogP contribution in [0.25, 0.3) is 11.3 Å². The summed E-state index contributed by atoms with van der Waals surface area (Å²) in [5, 5.41) is 0.841. The van der Waals surface area contributed by atoms with E-state index in [4.69, 9.17) is 4.42 Å². The third-order valence-electron chi connectivity index (χ3n) is 4.57. The van der Waals surface area contributed by atoms with Crippen LogP contribution in [0.1, 0.15) is 18.6 Å². The molecule has 5 nitrogen and oxygen atoms in total. The molecule has 134 valence electrons. The highest BCUT2D eigenvalue weighted by Gasteiger charge is 2.20. The van der Waals surface area contributed by atoms with Gasteiger partial charge < -0.3 is 13.9 Å². The van der Waals surface area contributed by atoms with E-state index < -0.39 is 0 Å². The number of nitrogens with zero attached hydrogens (tertiary/aromatic N) is 3. The molecule has 3 heterocycles. The molecule has 2 aromatic heterocycles. The second-order valence-corrected chi connectivity index (χ2v) is 7.28. The predicted octanol–water partition coefficient (Wildman–Crippen LogP) is 3.91. The van der Waals surface area contributed by atoms with E-state index >= 15 is 0 Å². The third kappa shape index (κ3) is 3.70. The molecular weight excluding hydrogens is 346 g/mol. The van der Waals surface area contributed by atoms with Crippen molar-refractivity contribution in [2.75, 3.05) is 18.8 Å². The Balaban J connectivity index is 1.57. The van der Waals surface area contributed by atoms with E-state index in [1.807, 2.05) is 41.4 Å². The molecule has 1 aliphatic heterocycles. The number of carbonyl (C=O) groups is 1. The van der Waals surface area contributed by atoms with Crippen molar-refractivity contribution in [2.45, 2.75) is 24.5 Å². The van der Waals surface area contributed by atoms with Crippen LogP contribution in [0, 0.1) is 0 Å². The molecule has 0 bridgehead atoms. The van der Waals surface area contributed by atoms with Gasteiger partial charge in [0.05, 0.1) is 30.5 Å². The fourth-order valence-corrected chi connectivity index (χ4v) is 4.09. The van der Waals surface area contributed by atoms with Crippen molar-refractivity contribution in [1.82, 2.24) is 14.5 Å². The van der Waals surface area contributed by atoms with Gasteiger partial charge in [-0.1, -0.05) is 42.1 Å². The smallest absolute Gasteiger partial charge is 0.233 e. The van der Waals surface area contributed by atoms with Crippen LogP contribution in [-0.4, -0.2) is 39.2 Å².